The number of carbonyl (C=O) groups excluding carboxylic acids is 1. The van der Waals surface area contributed by atoms with Crippen molar-refractivity contribution >= 4 is 5.91 Å². The van der Waals surface area contributed by atoms with Gasteiger partial charge in [-0.2, -0.15) is 5.10 Å². The van der Waals surface area contributed by atoms with E-state index in [9.17, 15) is 4.79 Å². The second-order valence-corrected chi connectivity index (χ2v) is 4.25. The number of amides is 1. The van der Waals surface area contributed by atoms with Crippen molar-refractivity contribution in [3.05, 3.63) is 41.7 Å². The number of hydrogen-bond donors (Lipinski definition) is 1. The Hall–Kier alpha value is -2.50. The van der Waals surface area contributed by atoms with Crippen LogP contribution in [-0.2, 0) is 13.6 Å². The van der Waals surface area contributed by atoms with Gasteiger partial charge in [-0.1, -0.05) is 6.07 Å². The van der Waals surface area contributed by atoms with Gasteiger partial charge in [-0.05, 0) is 23.8 Å². The van der Waals surface area contributed by atoms with Gasteiger partial charge in [-0.3, -0.25) is 9.48 Å². The van der Waals surface area contributed by atoms with E-state index in [4.69, 9.17) is 9.47 Å². The number of benzene rings is 1. The van der Waals surface area contributed by atoms with Gasteiger partial charge >= 0.3 is 0 Å². The van der Waals surface area contributed by atoms with Crippen molar-refractivity contribution in [2.24, 2.45) is 7.05 Å². The highest BCUT2D eigenvalue weighted by Crippen LogP contribution is 2.27. The summed E-state index contributed by atoms with van der Waals surface area (Å²) >= 11 is 0. The molecule has 1 N–H and O–H groups in total. The molecule has 1 heterocycles. The largest absolute Gasteiger partial charge is 0.493 e. The van der Waals surface area contributed by atoms with E-state index in [0.717, 1.165) is 5.56 Å². The topological polar surface area (TPSA) is 65.4 Å². The molecule has 2 aromatic rings. The summed E-state index contributed by atoms with van der Waals surface area (Å²) in [6.45, 7) is 0.399. The van der Waals surface area contributed by atoms with Crippen molar-refractivity contribution in [1.29, 1.82) is 0 Å². The van der Waals surface area contributed by atoms with Crippen LogP contribution >= 0.6 is 0 Å². The highest BCUT2D eigenvalue weighted by Gasteiger charge is 2.09. The Labute approximate surface area is 117 Å². The van der Waals surface area contributed by atoms with Crippen LogP contribution < -0.4 is 14.8 Å². The second-order valence-electron chi connectivity index (χ2n) is 4.25. The van der Waals surface area contributed by atoms with E-state index in [0.29, 0.717) is 23.7 Å². The van der Waals surface area contributed by atoms with E-state index in [2.05, 4.69) is 10.4 Å². The minimum atomic E-state index is -0.208. The predicted octanol–water partition coefficient (Wildman–Crippen LogP) is 1.37. The average Bonchev–Trinajstić information content (AvgIpc) is 2.91. The van der Waals surface area contributed by atoms with Crippen molar-refractivity contribution < 1.29 is 14.3 Å². The summed E-state index contributed by atoms with van der Waals surface area (Å²) < 4.78 is 12.0. The molecule has 2 rings (SSSR count). The number of carbonyl (C=O) groups is 1. The maximum atomic E-state index is 11.9. The van der Waals surface area contributed by atoms with Crippen molar-refractivity contribution in [3.63, 3.8) is 0 Å². The molecule has 1 aromatic carbocycles. The van der Waals surface area contributed by atoms with Crippen molar-refractivity contribution in [2.75, 3.05) is 14.2 Å². The molecule has 106 valence electrons. The van der Waals surface area contributed by atoms with Gasteiger partial charge in [0, 0.05) is 19.8 Å². The molecule has 0 aliphatic heterocycles. The van der Waals surface area contributed by atoms with E-state index in [1.54, 1.807) is 44.3 Å². The van der Waals surface area contributed by atoms with Gasteiger partial charge in [-0.25, -0.2) is 0 Å². The quantitative estimate of drug-likeness (QED) is 0.895. The Kier molecular flexibility index (Phi) is 4.24. The van der Waals surface area contributed by atoms with Crippen LogP contribution in [0.15, 0.2) is 30.5 Å². The number of methoxy groups -OCH3 is 2. The van der Waals surface area contributed by atoms with Crippen LogP contribution in [-0.4, -0.2) is 29.9 Å². The van der Waals surface area contributed by atoms with Gasteiger partial charge in [0.05, 0.1) is 14.2 Å². The van der Waals surface area contributed by atoms with Crippen molar-refractivity contribution in [3.8, 4) is 11.5 Å². The van der Waals surface area contributed by atoms with Crippen LogP contribution in [0.2, 0.25) is 0 Å². The molecule has 6 nitrogen and oxygen atoms in total. The molecular formula is C14H17N3O3. The summed E-state index contributed by atoms with van der Waals surface area (Å²) in [6, 6.07) is 7.18. The Morgan fingerprint density at radius 2 is 2.00 bits per heavy atom. The van der Waals surface area contributed by atoms with Crippen molar-refractivity contribution in [1.82, 2.24) is 15.1 Å². The predicted molar refractivity (Wildman–Crippen MR) is 73.9 cm³/mol. The Morgan fingerprint density at radius 3 is 2.60 bits per heavy atom. The monoisotopic (exact) mass is 275 g/mol. The molecule has 0 bridgehead atoms. The smallest absolute Gasteiger partial charge is 0.272 e. The van der Waals surface area contributed by atoms with E-state index < -0.39 is 0 Å². The summed E-state index contributed by atoms with van der Waals surface area (Å²) in [5.41, 5.74) is 1.32. The molecule has 0 radical (unpaired) electrons. The maximum absolute atomic E-state index is 11.9. The molecule has 0 saturated heterocycles. The first-order valence-electron chi connectivity index (χ1n) is 6.13. The number of nitrogens with zero attached hydrogens (tertiary/aromatic N) is 2. The summed E-state index contributed by atoms with van der Waals surface area (Å²) in [6.07, 6.45) is 1.73. The molecule has 0 saturated carbocycles. The van der Waals surface area contributed by atoms with Crippen molar-refractivity contribution in [2.45, 2.75) is 6.54 Å². The maximum Gasteiger partial charge on any atom is 0.272 e. The number of hydrogen-bond acceptors (Lipinski definition) is 4. The number of aromatic nitrogens is 2. The van der Waals surface area contributed by atoms with Gasteiger partial charge in [-0.15, -0.1) is 0 Å². The fourth-order valence-corrected chi connectivity index (χ4v) is 1.80. The molecule has 0 spiro atoms. The Bertz CT molecular complexity index is 607. The summed E-state index contributed by atoms with van der Waals surface area (Å²) in [7, 11) is 4.93. The van der Waals surface area contributed by atoms with Gasteiger partial charge < -0.3 is 14.8 Å². The van der Waals surface area contributed by atoms with E-state index in [1.807, 2.05) is 12.1 Å². The fourth-order valence-electron chi connectivity index (χ4n) is 1.80. The lowest BCUT2D eigenvalue weighted by molar-refractivity contribution is 0.0945. The van der Waals surface area contributed by atoms with Gasteiger partial charge in [0.15, 0.2) is 11.5 Å². The lowest BCUT2D eigenvalue weighted by Gasteiger charge is -2.10. The average molecular weight is 275 g/mol. The minimum absolute atomic E-state index is 0.208. The summed E-state index contributed by atoms with van der Waals surface area (Å²) in [5, 5.41) is 6.85. The molecule has 0 fully saturated rings. The SMILES string of the molecule is COc1ccc(CNC(=O)c2ccn(C)n2)cc1OC. The third-order valence-electron chi connectivity index (χ3n) is 2.85. The molecule has 0 unspecified atom stereocenters. The van der Waals surface area contributed by atoms with Gasteiger partial charge in [0.1, 0.15) is 5.69 Å². The zero-order valence-corrected chi connectivity index (χ0v) is 11.7. The van der Waals surface area contributed by atoms with Crippen LogP contribution in [0.25, 0.3) is 0 Å². The minimum Gasteiger partial charge on any atom is -0.493 e. The lowest BCUT2D eigenvalue weighted by atomic mass is 10.2. The van der Waals surface area contributed by atoms with Crippen LogP contribution in [0, 0.1) is 0 Å². The zero-order chi connectivity index (χ0) is 14.5. The molecule has 1 aromatic heterocycles. The second kappa shape index (κ2) is 6.10. The molecule has 20 heavy (non-hydrogen) atoms. The van der Waals surface area contributed by atoms with Gasteiger partial charge in [0.25, 0.3) is 5.91 Å². The first-order valence-corrected chi connectivity index (χ1v) is 6.13. The Balaban J connectivity index is 2.02. The van der Waals surface area contributed by atoms with Crippen LogP contribution in [0.5, 0.6) is 11.5 Å². The first kappa shape index (κ1) is 13.9. The normalized spacial score (nSPS) is 10.2. The number of rotatable bonds is 5. The standard InChI is InChI=1S/C14H17N3O3/c1-17-7-6-11(16-17)14(18)15-9-10-4-5-12(19-2)13(8-10)20-3/h4-8H,9H2,1-3H3,(H,15,18). The van der Waals surface area contributed by atoms with Gasteiger partial charge in [0.2, 0.25) is 0 Å². The Morgan fingerprint density at radius 1 is 1.25 bits per heavy atom. The highest BCUT2D eigenvalue weighted by atomic mass is 16.5. The third-order valence-corrected chi connectivity index (χ3v) is 2.85. The van der Waals surface area contributed by atoms with Crippen LogP contribution in [0.3, 0.4) is 0 Å². The van der Waals surface area contributed by atoms with E-state index in [-0.39, 0.29) is 5.91 Å². The molecule has 0 aliphatic carbocycles. The van der Waals surface area contributed by atoms with E-state index in [1.165, 1.54) is 0 Å². The molecule has 0 aliphatic rings. The lowest BCUT2D eigenvalue weighted by Crippen LogP contribution is -2.23. The number of ether oxygens (including phenoxy) is 2. The van der Waals surface area contributed by atoms with E-state index >= 15 is 0 Å². The first-order chi connectivity index (χ1) is 9.63. The number of aryl methyl sites for hydroxylation is 1. The molecule has 6 heteroatoms. The highest BCUT2D eigenvalue weighted by molar-refractivity contribution is 5.92. The fraction of sp³-hybridized carbons (Fsp3) is 0.286. The summed E-state index contributed by atoms with van der Waals surface area (Å²) in [5.74, 6) is 1.09. The molecule has 0 atom stereocenters. The molecular weight excluding hydrogens is 258 g/mol. The third kappa shape index (κ3) is 3.09. The van der Waals surface area contributed by atoms with Crippen LogP contribution in [0.4, 0.5) is 0 Å². The van der Waals surface area contributed by atoms with Crippen LogP contribution in [0.1, 0.15) is 16.1 Å². The molecule has 1 amide bonds. The number of nitrogens with one attached hydrogen (secondary N) is 1. The zero-order valence-electron chi connectivity index (χ0n) is 11.7. The summed E-state index contributed by atoms with van der Waals surface area (Å²) in [4.78, 5) is 11.9.